The zero-order chi connectivity index (χ0) is 8.97. The van der Waals surface area contributed by atoms with E-state index in [4.69, 9.17) is 0 Å². The summed E-state index contributed by atoms with van der Waals surface area (Å²) in [5.41, 5.74) is 2.59. The van der Waals surface area contributed by atoms with E-state index in [9.17, 15) is 4.79 Å². The molecule has 0 bridgehead atoms. The van der Waals surface area contributed by atoms with Crippen LogP contribution < -0.4 is 5.30 Å². The van der Waals surface area contributed by atoms with Crippen molar-refractivity contribution in [3.05, 3.63) is 29.3 Å². The van der Waals surface area contributed by atoms with Crippen molar-refractivity contribution in [1.29, 1.82) is 0 Å². The maximum absolute atomic E-state index is 10.1. The molecular formula is C10H12OP+. The van der Waals surface area contributed by atoms with Gasteiger partial charge in [0.2, 0.25) is 0 Å². The van der Waals surface area contributed by atoms with Crippen LogP contribution in [0.4, 0.5) is 0 Å². The van der Waals surface area contributed by atoms with Gasteiger partial charge in [-0.05, 0) is 25.5 Å². The molecule has 0 aliphatic carbocycles. The van der Waals surface area contributed by atoms with Gasteiger partial charge in [-0.25, -0.2) is 0 Å². The summed E-state index contributed by atoms with van der Waals surface area (Å²) in [6.07, 6.45) is 0.861. The maximum Gasteiger partial charge on any atom is 0.184 e. The largest absolute Gasteiger partial charge is 0.294 e. The summed E-state index contributed by atoms with van der Waals surface area (Å²) in [6.45, 7) is 4.18. The fraction of sp³-hybridized carbons (Fsp3) is 0.200. The van der Waals surface area contributed by atoms with Gasteiger partial charge in [-0.3, -0.25) is 4.79 Å². The number of aldehydes is 1. The summed E-state index contributed by atoms with van der Waals surface area (Å²) in [4.78, 5) is 10.1. The number of benzene rings is 1. The molecule has 0 aliphatic heterocycles. The van der Waals surface area contributed by atoms with Crippen molar-refractivity contribution in [3.63, 3.8) is 0 Å². The molecular weight excluding hydrogens is 167 g/mol. The maximum atomic E-state index is 10.1. The second-order valence-corrected chi connectivity index (χ2v) is 3.86. The van der Waals surface area contributed by atoms with Crippen molar-refractivity contribution in [2.45, 2.75) is 13.8 Å². The minimum absolute atomic E-state index is 0.507. The lowest BCUT2D eigenvalue weighted by Gasteiger charge is -1.96. The van der Waals surface area contributed by atoms with Crippen LogP contribution in [0.5, 0.6) is 0 Å². The molecule has 0 N–H and O–H groups in total. The van der Waals surface area contributed by atoms with Crippen LogP contribution in [-0.4, -0.2) is 12.1 Å². The quantitative estimate of drug-likeness (QED) is 0.498. The Labute approximate surface area is 74.2 Å². The third-order valence-corrected chi connectivity index (χ3v) is 3.07. The van der Waals surface area contributed by atoms with E-state index in [0.29, 0.717) is 8.20 Å². The standard InChI is InChI=1S/C10H11OP/c1-8-4-3-5-10(9(8)2)12-7-6-11/h3-7H,1-2H3/p+1. The van der Waals surface area contributed by atoms with E-state index in [1.807, 2.05) is 6.07 Å². The highest BCUT2D eigenvalue weighted by molar-refractivity contribution is 7.49. The lowest BCUT2D eigenvalue weighted by Crippen LogP contribution is -1.99. The smallest absolute Gasteiger partial charge is 0.184 e. The Morgan fingerprint density at radius 2 is 2.08 bits per heavy atom. The average molecular weight is 179 g/mol. The second-order valence-electron chi connectivity index (χ2n) is 2.69. The minimum atomic E-state index is 0.507. The van der Waals surface area contributed by atoms with E-state index in [1.54, 1.807) is 5.80 Å². The van der Waals surface area contributed by atoms with Crippen LogP contribution in [0.1, 0.15) is 11.1 Å². The van der Waals surface area contributed by atoms with Gasteiger partial charge in [-0.2, -0.15) is 0 Å². The van der Waals surface area contributed by atoms with E-state index in [0.717, 1.165) is 6.29 Å². The molecule has 0 aromatic heterocycles. The van der Waals surface area contributed by atoms with Crippen molar-refractivity contribution < 1.29 is 4.79 Å². The summed E-state index contributed by atoms with van der Waals surface area (Å²) in [5.74, 6) is 1.67. The Morgan fingerprint density at radius 1 is 1.33 bits per heavy atom. The first-order valence-electron chi connectivity index (χ1n) is 3.85. The normalized spacial score (nSPS) is 10.5. The second kappa shape index (κ2) is 4.18. The number of hydrogen-bond acceptors (Lipinski definition) is 1. The number of rotatable bonds is 2. The van der Waals surface area contributed by atoms with Crippen LogP contribution in [0, 0.1) is 13.8 Å². The van der Waals surface area contributed by atoms with E-state index in [2.05, 4.69) is 26.0 Å². The molecule has 12 heavy (non-hydrogen) atoms. The molecule has 0 saturated carbocycles. The predicted octanol–water partition coefficient (Wildman–Crippen LogP) is 1.61. The molecule has 0 amide bonds. The molecule has 1 aromatic rings. The monoisotopic (exact) mass is 179 g/mol. The summed E-state index contributed by atoms with van der Waals surface area (Å²) < 4.78 is 0. The van der Waals surface area contributed by atoms with Crippen LogP contribution in [0.15, 0.2) is 18.2 Å². The van der Waals surface area contributed by atoms with Gasteiger partial charge >= 0.3 is 0 Å². The van der Waals surface area contributed by atoms with Gasteiger partial charge in [0.25, 0.3) is 0 Å². The van der Waals surface area contributed by atoms with Crippen LogP contribution in [0.25, 0.3) is 0 Å². The van der Waals surface area contributed by atoms with Gasteiger partial charge < -0.3 is 0 Å². The Balaban J connectivity index is 3.07. The topological polar surface area (TPSA) is 17.1 Å². The Hall–Kier alpha value is -0.940. The zero-order valence-corrected chi connectivity index (χ0v) is 8.29. The fourth-order valence-corrected chi connectivity index (χ4v) is 1.88. The third kappa shape index (κ3) is 2.02. The first kappa shape index (κ1) is 9.15. The van der Waals surface area contributed by atoms with E-state index >= 15 is 0 Å². The molecule has 62 valence electrons. The highest BCUT2D eigenvalue weighted by atomic mass is 31.1. The molecule has 1 atom stereocenters. The van der Waals surface area contributed by atoms with Crippen molar-refractivity contribution in [3.8, 4) is 0 Å². The van der Waals surface area contributed by atoms with Gasteiger partial charge in [0.15, 0.2) is 12.1 Å². The molecule has 1 unspecified atom stereocenters. The van der Waals surface area contributed by atoms with Gasteiger partial charge in [-0.15, -0.1) is 0 Å². The van der Waals surface area contributed by atoms with Crippen molar-refractivity contribution in [1.82, 2.24) is 0 Å². The highest BCUT2D eigenvalue weighted by Gasteiger charge is 2.02. The minimum Gasteiger partial charge on any atom is -0.294 e. The predicted molar refractivity (Wildman–Crippen MR) is 56.0 cm³/mol. The number of carbonyl (C=O) groups excluding carboxylic acids is 1. The Morgan fingerprint density at radius 3 is 2.75 bits per heavy atom. The summed E-state index contributed by atoms with van der Waals surface area (Å²) in [7, 11) is 0.507. The molecule has 1 rings (SSSR count). The SMILES string of the molecule is Cc1cccc(/[PH+]=C/C=O)c1C. The fourth-order valence-electron chi connectivity index (χ4n) is 1.03. The number of hydrogen-bond donors (Lipinski definition) is 0. The molecule has 0 radical (unpaired) electrons. The zero-order valence-electron chi connectivity index (χ0n) is 7.29. The molecule has 1 nitrogen and oxygen atoms in total. The van der Waals surface area contributed by atoms with Gasteiger partial charge in [0.05, 0.1) is 0 Å². The molecule has 2 heteroatoms. The number of aryl methyl sites for hydroxylation is 1. The summed E-state index contributed by atoms with van der Waals surface area (Å²) in [5, 5.41) is 1.27. The molecule has 0 heterocycles. The van der Waals surface area contributed by atoms with Gasteiger partial charge in [0, 0.05) is 5.56 Å². The van der Waals surface area contributed by atoms with Crippen LogP contribution in [-0.2, 0) is 4.79 Å². The van der Waals surface area contributed by atoms with Gasteiger partial charge in [-0.1, -0.05) is 12.1 Å². The van der Waals surface area contributed by atoms with E-state index in [-0.39, 0.29) is 0 Å². The summed E-state index contributed by atoms with van der Waals surface area (Å²) >= 11 is 0. The first-order valence-corrected chi connectivity index (χ1v) is 4.93. The van der Waals surface area contributed by atoms with Crippen molar-refractivity contribution >= 4 is 25.6 Å². The van der Waals surface area contributed by atoms with Crippen molar-refractivity contribution in [2.24, 2.45) is 0 Å². The van der Waals surface area contributed by atoms with Crippen molar-refractivity contribution in [2.75, 3.05) is 0 Å². The molecule has 1 aromatic carbocycles. The van der Waals surface area contributed by atoms with E-state index < -0.39 is 0 Å². The lowest BCUT2D eigenvalue weighted by atomic mass is 10.1. The number of carbonyl (C=O) groups is 1. The van der Waals surface area contributed by atoms with Crippen LogP contribution in [0.3, 0.4) is 0 Å². The average Bonchev–Trinajstić information content (AvgIpc) is 2.08. The van der Waals surface area contributed by atoms with Crippen LogP contribution >= 0.6 is 8.20 Å². The van der Waals surface area contributed by atoms with Gasteiger partial charge in [0.1, 0.15) is 13.5 Å². The lowest BCUT2D eigenvalue weighted by molar-refractivity contribution is -0.102. The third-order valence-electron chi connectivity index (χ3n) is 1.91. The summed E-state index contributed by atoms with van der Waals surface area (Å²) in [6, 6.07) is 6.19. The van der Waals surface area contributed by atoms with E-state index in [1.165, 1.54) is 16.4 Å². The highest BCUT2D eigenvalue weighted by Crippen LogP contribution is 2.07. The molecule has 0 spiro atoms. The molecule has 0 fully saturated rings. The Bertz CT molecular complexity index is 316. The first-order chi connectivity index (χ1) is 5.75. The molecule has 0 saturated heterocycles. The van der Waals surface area contributed by atoms with Crippen LogP contribution in [0.2, 0.25) is 0 Å². The Kier molecular flexibility index (Phi) is 3.19. The molecule has 0 aliphatic rings.